The summed E-state index contributed by atoms with van der Waals surface area (Å²) in [5.41, 5.74) is 1.63. The van der Waals surface area contributed by atoms with Crippen molar-refractivity contribution in [1.82, 2.24) is 9.78 Å². The zero-order valence-electron chi connectivity index (χ0n) is 11.4. The van der Waals surface area contributed by atoms with Crippen LogP contribution in [0.15, 0.2) is 30.5 Å². The third-order valence-corrected chi connectivity index (χ3v) is 2.81. The monoisotopic (exact) mass is 276 g/mol. The average Bonchev–Trinajstić information content (AvgIpc) is 2.82. The van der Waals surface area contributed by atoms with Crippen LogP contribution < -0.4 is 10.1 Å². The lowest BCUT2D eigenvalue weighted by molar-refractivity contribution is -0.384. The van der Waals surface area contributed by atoms with E-state index in [1.165, 1.54) is 12.1 Å². The van der Waals surface area contributed by atoms with Crippen LogP contribution in [0.2, 0.25) is 0 Å². The first-order chi connectivity index (χ1) is 9.60. The Labute approximate surface area is 116 Å². The fraction of sp³-hybridized carbons (Fsp3) is 0.308. The van der Waals surface area contributed by atoms with Gasteiger partial charge in [0.05, 0.1) is 29.8 Å². The van der Waals surface area contributed by atoms with Crippen LogP contribution in [0.25, 0.3) is 0 Å². The van der Waals surface area contributed by atoms with E-state index in [1.54, 1.807) is 16.9 Å². The van der Waals surface area contributed by atoms with Crippen molar-refractivity contribution in [3.63, 3.8) is 0 Å². The Balaban J connectivity index is 2.17. The Hall–Kier alpha value is -2.57. The minimum absolute atomic E-state index is 0.00320. The summed E-state index contributed by atoms with van der Waals surface area (Å²) in [5, 5.41) is 18.1. The van der Waals surface area contributed by atoms with Crippen LogP contribution in [-0.2, 0) is 13.6 Å². The molecule has 1 heterocycles. The molecular weight excluding hydrogens is 260 g/mol. The summed E-state index contributed by atoms with van der Waals surface area (Å²) in [5.74, 6) is 0.481. The van der Waals surface area contributed by atoms with Crippen molar-refractivity contribution in [2.75, 3.05) is 11.9 Å². The van der Waals surface area contributed by atoms with E-state index >= 15 is 0 Å². The van der Waals surface area contributed by atoms with E-state index < -0.39 is 4.92 Å². The molecule has 1 N–H and O–H groups in total. The molecule has 0 amide bonds. The highest BCUT2D eigenvalue weighted by molar-refractivity contribution is 5.56. The normalized spacial score (nSPS) is 10.3. The summed E-state index contributed by atoms with van der Waals surface area (Å²) in [4.78, 5) is 10.5. The molecule has 7 heteroatoms. The standard InChI is InChI=1S/C13H16N4O3/c1-3-20-13-7-10(6-12(8-13)17(18)19)14-9-11-4-5-15-16(11)2/h4-8,14H,3,9H2,1-2H3. The SMILES string of the molecule is CCOc1cc(NCc2ccnn2C)cc([N+](=O)[O-])c1. The third-order valence-electron chi connectivity index (χ3n) is 2.81. The summed E-state index contributed by atoms with van der Waals surface area (Å²) >= 11 is 0. The third kappa shape index (κ3) is 3.25. The van der Waals surface area contributed by atoms with Crippen LogP contribution in [0.3, 0.4) is 0 Å². The molecule has 1 aromatic carbocycles. The van der Waals surface area contributed by atoms with Crippen molar-refractivity contribution in [2.45, 2.75) is 13.5 Å². The highest BCUT2D eigenvalue weighted by Crippen LogP contribution is 2.26. The number of aromatic nitrogens is 2. The second-order valence-corrected chi connectivity index (χ2v) is 4.21. The maximum Gasteiger partial charge on any atom is 0.275 e. The topological polar surface area (TPSA) is 82.2 Å². The maximum atomic E-state index is 10.9. The minimum atomic E-state index is -0.433. The molecule has 20 heavy (non-hydrogen) atoms. The van der Waals surface area contributed by atoms with Gasteiger partial charge in [0.15, 0.2) is 0 Å². The molecule has 0 saturated heterocycles. The zero-order valence-corrected chi connectivity index (χ0v) is 11.4. The van der Waals surface area contributed by atoms with E-state index in [4.69, 9.17) is 4.74 Å². The number of anilines is 1. The molecule has 0 saturated carbocycles. The number of hydrogen-bond acceptors (Lipinski definition) is 5. The van der Waals surface area contributed by atoms with Gasteiger partial charge >= 0.3 is 0 Å². The molecule has 0 radical (unpaired) electrons. The van der Waals surface area contributed by atoms with Crippen molar-refractivity contribution in [3.8, 4) is 5.75 Å². The Morgan fingerprint density at radius 2 is 2.25 bits per heavy atom. The number of hydrogen-bond donors (Lipinski definition) is 1. The molecule has 0 atom stereocenters. The summed E-state index contributed by atoms with van der Waals surface area (Å²) < 4.78 is 7.08. The number of nitro benzene ring substituents is 1. The first kappa shape index (κ1) is 13.9. The molecule has 0 bridgehead atoms. The molecule has 0 aliphatic rings. The number of benzene rings is 1. The molecule has 2 aromatic rings. The second kappa shape index (κ2) is 6.05. The minimum Gasteiger partial charge on any atom is -0.494 e. The second-order valence-electron chi connectivity index (χ2n) is 4.21. The number of rotatable bonds is 6. The van der Waals surface area contributed by atoms with Crippen molar-refractivity contribution >= 4 is 11.4 Å². The smallest absolute Gasteiger partial charge is 0.275 e. The van der Waals surface area contributed by atoms with E-state index in [-0.39, 0.29) is 5.69 Å². The fourth-order valence-corrected chi connectivity index (χ4v) is 1.81. The fourth-order valence-electron chi connectivity index (χ4n) is 1.81. The number of nitrogens with zero attached hydrogens (tertiary/aromatic N) is 3. The first-order valence-electron chi connectivity index (χ1n) is 6.23. The number of non-ortho nitro benzene ring substituents is 1. The first-order valence-corrected chi connectivity index (χ1v) is 6.23. The lowest BCUT2D eigenvalue weighted by Gasteiger charge is -2.09. The van der Waals surface area contributed by atoms with Gasteiger partial charge in [0.1, 0.15) is 5.75 Å². The number of aryl methyl sites for hydroxylation is 1. The molecule has 0 spiro atoms. The van der Waals surface area contributed by atoms with Gasteiger partial charge in [0, 0.05) is 31.1 Å². The van der Waals surface area contributed by atoms with Crippen molar-refractivity contribution < 1.29 is 9.66 Å². The van der Waals surface area contributed by atoms with Gasteiger partial charge in [-0.1, -0.05) is 0 Å². The molecule has 106 valence electrons. The molecule has 2 rings (SSSR count). The van der Waals surface area contributed by atoms with E-state index in [0.29, 0.717) is 24.6 Å². The van der Waals surface area contributed by atoms with Gasteiger partial charge in [-0.3, -0.25) is 14.8 Å². The van der Waals surface area contributed by atoms with Crippen molar-refractivity contribution in [2.24, 2.45) is 7.05 Å². The van der Waals surface area contributed by atoms with Crippen molar-refractivity contribution in [1.29, 1.82) is 0 Å². The highest BCUT2D eigenvalue weighted by Gasteiger charge is 2.10. The molecule has 0 aliphatic heterocycles. The van der Waals surface area contributed by atoms with Gasteiger partial charge in [-0.05, 0) is 13.0 Å². The van der Waals surface area contributed by atoms with Gasteiger partial charge in [0.25, 0.3) is 5.69 Å². The maximum absolute atomic E-state index is 10.9. The van der Waals surface area contributed by atoms with Crippen LogP contribution in [0.1, 0.15) is 12.6 Å². The van der Waals surface area contributed by atoms with E-state index in [2.05, 4.69) is 10.4 Å². The van der Waals surface area contributed by atoms with Gasteiger partial charge < -0.3 is 10.1 Å². The average molecular weight is 276 g/mol. The molecular formula is C13H16N4O3. The van der Waals surface area contributed by atoms with Gasteiger partial charge in [-0.15, -0.1) is 0 Å². The van der Waals surface area contributed by atoms with Crippen LogP contribution >= 0.6 is 0 Å². The van der Waals surface area contributed by atoms with Crippen LogP contribution in [0.4, 0.5) is 11.4 Å². The highest BCUT2D eigenvalue weighted by atomic mass is 16.6. The molecule has 0 aliphatic carbocycles. The van der Waals surface area contributed by atoms with Gasteiger partial charge in [-0.25, -0.2) is 0 Å². The molecule has 0 fully saturated rings. The van der Waals surface area contributed by atoms with E-state index in [9.17, 15) is 10.1 Å². The molecule has 1 aromatic heterocycles. The van der Waals surface area contributed by atoms with Gasteiger partial charge in [-0.2, -0.15) is 5.10 Å². The van der Waals surface area contributed by atoms with Crippen LogP contribution in [-0.4, -0.2) is 21.3 Å². The lowest BCUT2D eigenvalue weighted by atomic mass is 10.2. The summed E-state index contributed by atoms with van der Waals surface area (Å²) in [7, 11) is 1.84. The Morgan fingerprint density at radius 1 is 1.45 bits per heavy atom. The predicted octanol–water partition coefficient (Wildman–Crippen LogP) is 2.34. The number of nitrogens with one attached hydrogen (secondary N) is 1. The van der Waals surface area contributed by atoms with Crippen LogP contribution in [0.5, 0.6) is 5.75 Å². The van der Waals surface area contributed by atoms with Crippen molar-refractivity contribution in [3.05, 3.63) is 46.3 Å². The Kier molecular flexibility index (Phi) is 4.19. The number of nitro groups is 1. The summed E-state index contributed by atoms with van der Waals surface area (Å²) in [6.45, 7) is 2.83. The molecule has 7 nitrogen and oxygen atoms in total. The zero-order chi connectivity index (χ0) is 14.5. The van der Waals surface area contributed by atoms with Gasteiger partial charge in [0.2, 0.25) is 0 Å². The van der Waals surface area contributed by atoms with E-state index in [0.717, 1.165) is 5.69 Å². The van der Waals surface area contributed by atoms with Crippen LogP contribution in [0, 0.1) is 10.1 Å². The number of ether oxygens (including phenoxy) is 1. The largest absolute Gasteiger partial charge is 0.494 e. The quantitative estimate of drug-likeness (QED) is 0.646. The predicted molar refractivity (Wildman–Crippen MR) is 74.8 cm³/mol. The molecule has 0 unspecified atom stereocenters. The lowest BCUT2D eigenvalue weighted by Crippen LogP contribution is -2.06. The Morgan fingerprint density at radius 3 is 2.85 bits per heavy atom. The van der Waals surface area contributed by atoms with E-state index in [1.807, 2.05) is 20.0 Å². The summed E-state index contributed by atoms with van der Waals surface area (Å²) in [6, 6.07) is 6.53. The summed E-state index contributed by atoms with van der Waals surface area (Å²) in [6.07, 6.45) is 1.70. The Bertz CT molecular complexity index is 609.